The molecule has 2 aromatic rings. The lowest BCUT2D eigenvalue weighted by Gasteiger charge is -2.38. The zero-order valence-electron chi connectivity index (χ0n) is 19.9. The number of anilines is 1. The highest BCUT2D eigenvalue weighted by Gasteiger charge is 2.37. The molecule has 3 aliphatic rings. The molecule has 1 aromatic carbocycles. The van der Waals surface area contributed by atoms with Crippen molar-refractivity contribution in [3.05, 3.63) is 34.0 Å². The molecule has 1 atom stereocenters. The van der Waals surface area contributed by atoms with E-state index in [1.54, 1.807) is 7.05 Å². The molecule has 11 heteroatoms. The third-order valence-corrected chi connectivity index (χ3v) is 7.05. The first-order valence-electron chi connectivity index (χ1n) is 12.1. The normalized spacial score (nSPS) is 23.1. The Bertz CT molecular complexity index is 1150. The lowest BCUT2D eigenvalue weighted by atomic mass is 9.90. The second-order valence-corrected chi connectivity index (χ2v) is 9.29. The van der Waals surface area contributed by atoms with Crippen molar-refractivity contribution in [1.82, 2.24) is 15.1 Å². The number of nitrogens with zero attached hydrogens (tertiary/aromatic N) is 4. The predicted molar refractivity (Wildman–Crippen MR) is 132 cm³/mol. The van der Waals surface area contributed by atoms with Gasteiger partial charge in [0, 0.05) is 43.5 Å². The standard InChI is InChI=1S/C13H13FN6O.C11H19F2N/c1-16-12(18-5-15)8-4-17-9-3-6(14)2-7-10(9)11(8)19-20-13(7)21;12-11(13)6-4-10(5-7-11)14-8-2-1-3-9-14/h2-3,5,8,17H,4H2,1H3,(H,20,21)(H2,15,16,18);10H,1-9H2. The number of benzene rings is 1. The number of hydrogen-bond donors (Lipinski definition) is 3. The summed E-state index contributed by atoms with van der Waals surface area (Å²) >= 11 is 0. The van der Waals surface area contributed by atoms with E-state index in [-0.39, 0.29) is 24.1 Å². The van der Waals surface area contributed by atoms with Crippen molar-refractivity contribution in [3.63, 3.8) is 0 Å². The largest absolute Gasteiger partial charge is 0.390 e. The molecule has 2 aliphatic heterocycles. The Labute approximate surface area is 201 Å². The number of nitrogens with one attached hydrogen (secondary N) is 2. The maximum Gasteiger partial charge on any atom is 0.272 e. The number of nitrogens with two attached hydrogens (primary N) is 1. The molecule has 0 amide bonds. The molecule has 1 saturated carbocycles. The Morgan fingerprint density at radius 3 is 2.60 bits per heavy atom. The summed E-state index contributed by atoms with van der Waals surface area (Å²) in [5.74, 6) is -2.63. The molecule has 1 aromatic heterocycles. The first-order valence-corrected chi connectivity index (χ1v) is 12.1. The fourth-order valence-electron chi connectivity index (χ4n) is 5.26. The molecule has 1 unspecified atom stereocenters. The van der Waals surface area contributed by atoms with Crippen molar-refractivity contribution in [2.45, 2.75) is 62.8 Å². The summed E-state index contributed by atoms with van der Waals surface area (Å²) in [6, 6.07) is 3.00. The van der Waals surface area contributed by atoms with E-state index in [4.69, 9.17) is 5.73 Å². The lowest BCUT2D eigenvalue weighted by molar-refractivity contribution is -0.0553. The number of aromatic amines is 1. The van der Waals surface area contributed by atoms with Gasteiger partial charge in [-0.1, -0.05) is 6.42 Å². The van der Waals surface area contributed by atoms with Gasteiger partial charge in [0.1, 0.15) is 11.7 Å². The fourth-order valence-corrected chi connectivity index (χ4v) is 5.26. The van der Waals surface area contributed by atoms with E-state index < -0.39 is 17.3 Å². The Morgan fingerprint density at radius 1 is 1.23 bits per heavy atom. The van der Waals surface area contributed by atoms with Crippen LogP contribution in [-0.4, -0.2) is 65.9 Å². The number of hydrogen-bond acceptors (Lipinski definition) is 5. The Hall–Kier alpha value is -2.95. The number of aliphatic imine (C=N–C) groups is 2. The molecule has 1 saturated heterocycles. The number of halogens is 3. The van der Waals surface area contributed by atoms with Gasteiger partial charge in [0.15, 0.2) is 0 Å². The van der Waals surface area contributed by atoms with Crippen molar-refractivity contribution >= 4 is 28.6 Å². The first kappa shape index (κ1) is 25.2. The van der Waals surface area contributed by atoms with Crippen LogP contribution in [0.1, 0.15) is 56.6 Å². The van der Waals surface area contributed by atoms with Gasteiger partial charge in [-0.15, -0.1) is 0 Å². The van der Waals surface area contributed by atoms with Gasteiger partial charge in [0.2, 0.25) is 5.92 Å². The molecule has 0 radical (unpaired) electrons. The maximum atomic E-state index is 13.6. The van der Waals surface area contributed by atoms with Gasteiger partial charge >= 0.3 is 0 Å². The van der Waals surface area contributed by atoms with E-state index in [9.17, 15) is 18.0 Å². The number of piperidine rings is 1. The molecule has 3 heterocycles. The number of aromatic nitrogens is 2. The van der Waals surface area contributed by atoms with E-state index in [1.165, 1.54) is 31.4 Å². The quantitative estimate of drug-likeness (QED) is 0.439. The molecule has 5 rings (SSSR count). The second-order valence-electron chi connectivity index (χ2n) is 9.29. The van der Waals surface area contributed by atoms with Crippen molar-refractivity contribution in [1.29, 1.82) is 0 Å². The highest BCUT2D eigenvalue weighted by atomic mass is 19.3. The van der Waals surface area contributed by atoms with Gasteiger partial charge < -0.3 is 16.0 Å². The van der Waals surface area contributed by atoms with Crippen molar-refractivity contribution in [2.24, 2.45) is 15.7 Å². The summed E-state index contributed by atoms with van der Waals surface area (Å²) in [5, 5.41) is 10.4. The average Bonchev–Trinajstić information content (AvgIpc) is 2.85. The summed E-state index contributed by atoms with van der Waals surface area (Å²) in [7, 11) is 1.60. The summed E-state index contributed by atoms with van der Waals surface area (Å²) in [4.78, 5) is 22.4. The summed E-state index contributed by atoms with van der Waals surface area (Å²) in [6.07, 6.45) is 6.60. The van der Waals surface area contributed by atoms with Gasteiger partial charge in [-0.05, 0) is 50.9 Å². The molecule has 2 fully saturated rings. The van der Waals surface area contributed by atoms with Gasteiger partial charge in [-0.25, -0.2) is 23.3 Å². The minimum Gasteiger partial charge on any atom is -0.390 e. The molecule has 35 heavy (non-hydrogen) atoms. The van der Waals surface area contributed by atoms with Crippen molar-refractivity contribution in [2.75, 3.05) is 32.0 Å². The minimum absolute atomic E-state index is 0.105. The van der Waals surface area contributed by atoms with E-state index in [0.29, 0.717) is 48.0 Å². The van der Waals surface area contributed by atoms with Crippen LogP contribution in [0, 0.1) is 5.82 Å². The highest BCUT2D eigenvalue weighted by molar-refractivity contribution is 6.03. The first-order chi connectivity index (χ1) is 16.8. The van der Waals surface area contributed by atoms with Crippen LogP contribution in [0.4, 0.5) is 18.9 Å². The topological polar surface area (TPSA) is 112 Å². The highest BCUT2D eigenvalue weighted by Crippen LogP contribution is 2.36. The summed E-state index contributed by atoms with van der Waals surface area (Å²) in [5.41, 5.74) is 6.04. The number of amidine groups is 1. The molecule has 190 valence electrons. The average molecular weight is 492 g/mol. The summed E-state index contributed by atoms with van der Waals surface area (Å²) in [6.45, 7) is 2.71. The molecular weight excluding hydrogens is 459 g/mol. The molecule has 4 N–H and O–H groups in total. The van der Waals surface area contributed by atoms with Gasteiger partial charge in [0.05, 0.1) is 23.3 Å². The van der Waals surface area contributed by atoms with E-state index >= 15 is 0 Å². The number of H-pyrrole nitrogens is 1. The molecule has 1 aliphatic carbocycles. The molecule has 0 spiro atoms. The van der Waals surface area contributed by atoms with Crippen LogP contribution < -0.4 is 16.6 Å². The monoisotopic (exact) mass is 491 g/mol. The van der Waals surface area contributed by atoms with Crippen molar-refractivity contribution < 1.29 is 13.2 Å². The molecule has 0 bridgehead atoms. The van der Waals surface area contributed by atoms with Crippen LogP contribution in [-0.2, 0) is 0 Å². The fraction of sp³-hybridized carbons (Fsp3) is 0.583. The van der Waals surface area contributed by atoms with Crippen LogP contribution in [0.2, 0.25) is 0 Å². The van der Waals surface area contributed by atoms with E-state index in [0.717, 1.165) is 19.4 Å². The summed E-state index contributed by atoms with van der Waals surface area (Å²) < 4.78 is 39.4. The van der Waals surface area contributed by atoms with Crippen molar-refractivity contribution in [3.8, 4) is 0 Å². The van der Waals surface area contributed by atoms with Gasteiger partial charge in [-0.3, -0.25) is 9.79 Å². The molecular formula is C24H32F3N7O. The van der Waals surface area contributed by atoms with Crippen LogP contribution in [0.15, 0.2) is 26.9 Å². The lowest BCUT2D eigenvalue weighted by Crippen LogP contribution is -2.43. The van der Waals surface area contributed by atoms with Crippen LogP contribution in [0.25, 0.3) is 10.8 Å². The van der Waals surface area contributed by atoms with Gasteiger partial charge in [0.25, 0.3) is 5.56 Å². The third-order valence-electron chi connectivity index (χ3n) is 7.05. The number of alkyl halides is 2. The smallest absolute Gasteiger partial charge is 0.272 e. The van der Waals surface area contributed by atoms with Crippen LogP contribution in [0.3, 0.4) is 0 Å². The number of rotatable bonds is 2. The minimum atomic E-state index is -2.37. The Kier molecular flexibility index (Phi) is 7.73. The second kappa shape index (κ2) is 10.8. The zero-order valence-corrected chi connectivity index (χ0v) is 19.9. The van der Waals surface area contributed by atoms with Crippen LogP contribution >= 0.6 is 0 Å². The SMILES string of the molecule is CN=C(N=CN)C1CNc2cc(F)cc3c(=O)[nH]nc1c23.FC1(F)CCC(N2CCCCC2)CC1. The zero-order chi connectivity index (χ0) is 25.0. The van der Waals surface area contributed by atoms with Gasteiger partial charge in [-0.2, -0.15) is 5.10 Å². The van der Waals surface area contributed by atoms with Crippen LogP contribution in [0.5, 0.6) is 0 Å². The Morgan fingerprint density at radius 2 is 1.94 bits per heavy atom. The predicted octanol–water partition coefficient (Wildman–Crippen LogP) is 3.64. The van der Waals surface area contributed by atoms with E-state index in [1.807, 2.05) is 0 Å². The number of likely N-dealkylation sites (tertiary alicyclic amines) is 1. The Balaban J connectivity index is 0.000000179. The third kappa shape index (κ3) is 5.66. The maximum absolute atomic E-state index is 13.6. The van der Waals surface area contributed by atoms with E-state index in [2.05, 4.69) is 30.4 Å². The molecule has 8 nitrogen and oxygen atoms in total.